The zero-order chi connectivity index (χ0) is 14.7. The summed E-state index contributed by atoms with van der Waals surface area (Å²) in [6, 6.07) is 2.54. The molecule has 0 bridgehead atoms. The Morgan fingerprint density at radius 1 is 1.50 bits per heavy atom. The number of rotatable bonds is 2. The van der Waals surface area contributed by atoms with E-state index in [-0.39, 0.29) is 17.9 Å². The standard InChI is InChI=1S/C13H17F2N3O2/c1-8-6-18(7-10(5-16)20-8)13(19)17-12-3-2-9(14)4-11(12)15/h2-4,8,10H,5-7,16H2,1H3,(H,17,19). The third kappa shape index (κ3) is 3.43. The number of ether oxygens (including phenoxy) is 1. The van der Waals surface area contributed by atoms with Crippen LogP contribution in [0, 0.1) is 11.6 Å². The van der Waals surface area contributed by atoms with Gasteiger partial charge in [0.15, 0.2) is 0 Å². The lowest BCUT2D eigenvalue weighted by molar-refractivity contribution is -0.0573. The van der Waals surface area contributed by atoms with Gasteiger partial charge in [0.25, 0.3) is 0 Å². The molecule has 2 amide bonds. The molecule has 1 aromatic rings. The third-order valence-electron chi connectivity index (χ3n) is 3.05. The summed E-state index contributed by atoms with van der Waals surface area (Å²) in [4.78, 5) is 13.6. The summed E-state index contributed by atoms with van der Waals surface area (Å²) >= 11 is 0. The highest BCUT2D eigenvalue weighted by Crippen LogP contribution is 2.17. The molecule has 3 N–H and O–H groups in total. The molecule has 0 saturated carbocycles. The highest BCUT2D eigenvalue weighted by Gasteiger charge is 2.27. The maximum absolute atomic E-state index is 13.5. The van der Waals surface area contributed by atoms with Crippen molar-refractivity contribution in [3.05, 3.63) is 29.8 Å². The van der Waals surface area contributed by atoms with Gasteiger partial charge in [-0.15, -0.1) is 0 Å². The summed E-state index contributed by atoms with van der Waals surface area (Å²) in [6.07, 6.45) is -0.372. The summed E-state index contributed by atoms with van der Waals surface area (Å²) in [5.74, 6) is -1.50. The monoisotopic (exact) mass is 285 g/mol. The number of benzene rings is 1. The number of urea groups is 1. The molecule has 2 rings (SSSR count). The number of morpholine rings is 1. The van der Waals surface area contributed by atoms with Crippen molar-refractivity contribution in [2.24, 2.45) is 5.73 Å². The topological polar surface area (TPSA) is 67.6 Å². The first kappa shape index (κ1) is 14.7. The number of nitrogens with two attached hydrogens (primary N) is 1. The maximum Gasteiger partial charge on any atom is 0.322 e. The Labute approximate surface area is 115 Å². The van der Waals surface area contributed by atoms with E-state index in [2.05, 4.69) is 5.32 Å². The number of anilines is 1. The molecule has 0 aliphatic carbocycles. The smallest absolute Gasteiger partial charge is 0.322 e. The van der Waals surface area contributed by atoms with Crippen molar-refractivity contribution < 1.29 is 18.3 Å². The van der Waals surface area contributed by atoms with Gasteiger partial charge in [-0.05, 0) is 19.1 Å². The van der Waals surface area contributed by atoms with Crippen LogP contribution in [-0.2, 0) is 4.74 Å². The molecule has 1 saturated heterocycles. The fraction of sp³-hybridized carbons (Fsp3) is 0.462. The van der Waals surface area contributed by atoms with Crippen molar-refractivity contribution in [3.63, 3.8) is 0 Å². The number of amides is 2. The van der Waals surface area contributed by atoms with Crippen LogP contribution in [-0.4, -0.2) is 42.8 Å². The molecule has 1 heterocycles. The molecule has 1 aliphatic heterocycles. The summed E-state index contributed by atoms with van der Waals surface area (Å²) < 4.78 is 31.8. The van der Waals surface area contributed by atoms with Crippen LogP contribution in [0.5, 0.6) is 0 Å². The molecule has 1 fully saturated rings. The van der Waals surface area contributed by atoms with Gasteiger partial charge in [-0.3, -0.25) is 0 Å². The number of hydrogen-bond donors (Lipinski definition) is 2. The first-order chi connectivity index (χ1) is 9.49. The first-order valence-electron chi connectivity index (χ1n) is 6.36. The van der Waals surface area contributed by atoms with Gasteiger partial charge in [-0.25, -0.2) is 13.6 Å². The van der Waals surface area contributed by atoms with E-state index >= 15 is 0 Å². The fourth-order valence-corrected chi connectivity index (χ4v) is 2.13. The van der Waals surface area contributed by atoms with Crippen molar-refractivity contribution in [2.75, 3.05) is 25.0 Å². The van der Waals surface area contributed by atoms with E-state index in [1.807, 2.05) is 6.92 Å². The van der Waals surface area contributed by atoms with Crippen molar-refractivity contribution in [2.45, 2.75) is 19.1 Å². The molecule has 2 unspecified atom stereocenters. The van der Waals surface area contributed by atoms with E-state index in [1.165, 1.54) is 11.0 Å². The Morgan fingerprint density at radius 3 is 2.90 bits per heavy atom. The normalized spacial score (nSPS) is 22.7. The van der Waals surface area contributed by atoms with E-state index in [0.717, 1.165) is 12.1 Å². The van der Waals surface area contributed by atoms with Gasteiger partial charge in [0, 0.05) is 25.7 Å². The van der Waals surface area contributed by atoms with Crippen LogP contribution in [0.15, 0.2) is 18.2 Å². The quantitative estimate of drug-likeness (QED) is 0.866. The lowest BCUT2D eigenvalue weighted by Crippen LogP contribution is -2.52. The second-order valence-electron chi connectivity index (χ2n) is 4.76. The van der Waals surface area contributed by atoms with Gasteiger partial charge in [0.1, 0.15) is 11.6 Å². The molecule has 0 aromatic heterocycles. The average molecular weight is 285 g/mol. The Morgan fingerprint density at radius 2 is 2.25 bits per heavy atom. The second-order valence-corrected chi connectivity index (χ2v) is 4.76. The zero-order valence-corrected chi connectivity index (χ0v) is 11.1. The van der Waals surface area contributed by atoms with Crippen molar-refractivity contribution in [1.82, 2.24) is 4.90 Å². The lowest BCUT2D eigenvalue weighted by Gasteiger charge is -2.36. The minimum Gasteiger partial charge on any atom is -0.370 e. The summed E-state index contributed by atoms with van der Waals surface area (Å²) in [5, 5.41) is 2.42. The van der Waals surface area contributed by atoms with E-state index in [4.69, 9.17) is 10.5 Å². The lowest BCUT2D eigenvalue weighted by atomic mass is 10.2. The van der Waals surface area contributed by atoms with Gasteiger partial charge < -0.3 is 20.7 Å². The minimum atomic E-state index is -0.810. The Balaban J connectivity index is 2.03. The molecule has 110 valence electrons. The number of nitrogens with one attached hydrogen (secondary N) is 1. The van der Waals surface area contributed by atoms with E-state index in [9.17, 15) is 13.6 Å². The largest absolute Gasteiger partial charge is 0.370 e. The molecule has 1 aromatic carbocycles. The van der Waals surface area contributed by atoms with Crippen LogP contribution in [0.1, 0.15) is 6.92 Å². The molecule has 20 heavy (non-hydrogen) atoms. The SMILES string of the molecule is CC1CN(C(=O)Nc2ccc(F)cc2F)CC(CN)O1. The molecule has 5 nitrogen and oxygen atoms in total. The molecule has 1 aliphatic rings. The van der Waals surface area contributed by atoms with Crippen molar-refractivity contribution in [1.29, 1.82) is 0 Å². The molecule has 0 radical (unpaired) electrons. The Bertz CT molecular complexity index is 499. The van der Waals surface area contributed by atoms with Crippen molar-refractivity contribution in [3.8, 4) is 0 Å². The first-order valence-corrected chi connectivity index (χ1v) is 6.36. The maximum atomic E-state index is 13.5. The third-order valence-corrected chi connectivity index (χ3v) is 3.05. The number of carbonyl (C=O) groups excluding carboxylic acids is 1. The number of halogens is 2. The number of carbonyl (C=O) groups is 1. The average Bonchev–Trinajstić information content (AvgIpc) is 2.41. The molecule has 7 heteroatoms. The summed E-state index contributed by atoms with van der Waals surface area (Å²) in [5.41, 5.74) is 5.48. The highest BCUT2D eigenvalue weighted by molar-refractivity contribution is 5.89. The Kier molecular flexibility index (Phi) is 4.51. The predicted octanol–water partition coefficient (Wildman–Crippen LogP) is 1.54. The van der Waals surface area contributed by atoms with E-state index < -0.39 is 17.7 Å². The molecule has 2 atom stereocenters. The fourth-order valence-electron chi connectivity index (χ4n) is 2.13. The van der Waals surface area contributed by atoms with Crippen LogP contribution in [0.3, 0.4) is 0 Å². The second kappa shape index (κ2) is 6.15. The van der Waals surface area contributed by atoms with Gasteiger partial charge >= 0.3 is 6.03 Å². The predicted molar refractivity (Wildman–Crippen MR) is 70.3 cm³/mol. The number of hydrogen-bond acceptors (Lipinski definition) is 3. The highest BCUT2D eigenvalue weighted by atomic mass is 19.1. The van der Waals surface area contributed by atoms with Crippen LogP contribution in [0.2, 0.25) is 0 Å². The van der Waals surface area contributed by atoms with Crippen LogP contribution in [0.4, 0.5) is 19.3 Å². The van der Waals surface area contributed by atoms with Crippen LogP contribution in [0.25, 0.3) is 0 Å². The Hall–Kier alpha value is -1.73. The summed E-state index contributed by atoms with van der Waals surface area (Å²) in [7, 11) is 0. The molecule has 0 spiro atoms. The minimum absolute atomic E-state index is 0.0557. The zero-order valence-electron chi connectivity index (χ0n) is 11.1. The van der Waals surface area contributed by atoms with Crippen molar-refractivity contribution >= 4 is 11.7 Å². The molecular formula is C13H17F2N3O2. The van der Waals surface area contributed by atoms with Crippen LogP contribution >= 0.6 is 0 Å². The number of nitrogens with zero attached hydrogens (tertiary/aromatic N) is 1. The summed E-state index contributed by atoms with van der Waals surface area (Å²) in [6.45, 7) is 2.88. The van der Waals surface area contributed by atoms with E-state index in [1.54, 1.807) is 0 Å². The van der Waals surface area contributed by atoms with Gasteiger partial charge in [0.05, 0.1) is 17.9 Å². The van der Waals surface area contributed by atoms with Gasteiger partial charge in [-0.1, -0.05) is 0 Å². The molecular weight excluding hydrogens is 268 g/mol. The van der Waals surface area contributed by atoms with Gasteiger partial charge in [0.2, 0.25) is 0 Å². The van der Waals surface area contributed by atoms with Crippen LogP contribution < -0.4 is 11.1 Å². The van der Waals surface area contributed by atoms with Gasteiger partial charge in [-0.2, -0.15) is 0 Å². The van der Waals surface area contributed by atoms with E-state index in [0.29, 0.717) is 19.6 Å².